The van der Waals surface area contributed by atoms with Gasteiger partial charge in [-0.15, -0.1) is 0 Å². The van der Waals surface area contributed by atoms with Gasteiger partial charge in [0.1, 0.15) is 0 Å². The standard InChI is InChI=1S/C11H23F2O5P/c1-5-15-10(16-6-2)9-11(12,13)19(14,17-7-3)18-8-4/h10H,5-9H2,1-4H3. The molecular weight excluding hydrogens is 281 g/mol. The first-order valence-corrected chi connectivity index (χ1v) is 7.91. The van der Waals surface area contributed by atoms with Gasteiger partial charge in [-0.25, -0.2) is 0 Å². The predicted molar refractivity (Wildman–Crippen MR) is 67.5 cm³/mol. The highest BCUT2D eigenvalue weighted by atomic mass is 31.2. The molecule has 0 saturated carbocycles. The highest BCUT2D eigenvalue weighted by Crippen LogP contribution is 2.63. The monoisotopic (exact) mass is 304 g/mol. The van der Waals surface area contributed by atoms with Crippen LogP contribution in [0.15, 0.2) is 0 Å². The van der Waals surface area contributed by atoms with E-state index in [0.717, 1.165) is 0 Å². The molecule has 0 aliphatic carbocycles. The minimum absolute atomic E-state index is 0.124. The average Bonchev–Trinajstić information content (AvgIpc) is 2.29. The van der Waals surface area contributed by atoms with Crippen molar-refractivity contribution < 1.29 is 31.9 Å². The zero-order valence-electron chi connectivity index (χ0n) is 11.9. The van der Waals surface area contributed by atoms with Crippen molar-refractivity contribution in [2.24, 2.45) is 0 Å². The molecule has 8 heteroatoms. The molecule has 0 amide bonds. The Balaban J connectivity index is 4.91. The maximum atomic E-state index is 14.1. The smallest absolute Gasteiger partial charge is 0.353 e. The van der Waals surface area contributed by atoms with E-state index < -0.39 is 26.0 Å². The van der Waals surface area contributed by atoms with Crippen molar-refractivity contribution in [3.8, 4) is 0 Å². The van der Waals surface area contributed by atoms with Gasteiger partial charge in [0, 0.05) is 13.2 Å². The van der Waals surface area contributed by atoms with Crippen LogP contribution in [0.3, 0.4) is 0 Å². The summed E-state index contributed by atoms with van der Waals surface area (Å²) in [6.07, 6.45) is -2.01. The fraction of sp³-hybridized carbons (Fsp3) is 1.00. The highest BCUT2D eigenvalue weighted by molar-refractivity contribution is 7.55. The molecule has 0 spiro atoms. The molecule has 0 unspecified atom stereocenters. The van der Waals surface area contributed by atoms with Crippen LogP contribution in [-0.2, 0) is 23.1 Å². The summed E-state index contributed by atoms with van der Waals surface area (Å²) in [6.45, 7) is 6.46. The molecule has 116 valence electrons. The molecule has 0 atom stereocenters. The Morgan fingerprint density at radius 2 is 1.37 bits per heavy atom. The highest BCUT2D eigenvalue weighted by Gasteiger charge is 2.54. The van der Waals surface area contributed by atoms with E-state index >= 15 is 0 Å². The summed E-state index contributed by atoms with van der Waals surface area (Å²) in [4.78, 5) is 0. The van der Waals surface area contributed by atoms with Gasteiger partial charge < -0.3 is 18.5 Å². The first kappa shape index (κ1) is 18.9. The Labute approximate surface area is 113 Å². The van der Waals surface area contributed by atoms with E-state index in [0.29, 0.717) is 0 Å². The lowest BCUT2D eigenvalue weighted by Gasteiger charge is -2.28. The quantitative estimate of drug-likeness (QED) is 0.431. The Kier molecular flexibility index (Phi) is 8.94. The van der Waals surface area contributed by atoms with Gasteiger partial charge in [-0.05, 0) is 27.7 Å². The second kappa shape index (κ2) is 8.97. The van der Waals surface area contributed by atoms with Crippen LogP contribution in [0.25, 0.3) is 0 Å². The largest absolute Gasteiger partial charge is 0.399 e. The summed E-state index contributed by atoms with van der Waals surface area (Å²) < 4.78 is 59.6. The van der Waals surface area contributed by atoms with Crippen molar-refractivity contribution in [3.63, 3.8) is 0 Å². The zero-order valence-corrected chi connectivity index (χ0v) is 12.8. The minimum Gasteiger partial charge on any atom is -0.353 e. The van der Waals surface area contributed by atoms with E-state index in [4.69, 9.17) is 9.47 Å². The summed E-state index contributed by atoms with van der Waals surface area (Å²) in [7, 11) is -4.52. The molecular formula is C11H23F2O5P. The first-order chi connectivity index (χ1) is 8.86. The average molecular weight is 304 g/mol. The summed E-state index contributed by atoms with van der Waals surface area (Å²) in [5.41, 5.74) is -3.66. The maximum absolute atomic E-state index is 14.1. The lowest BCUT2D eigenvalue weighted by atomic mass is 10.4. The minimum atomic E-state index is -4.52. The van der Waals surface area contributed by atoms with Crippen molar-refractivity contribution in [1.82, 2.24) is 0 Å². The van der Waals surface area contributed by atoms with E-state index in [-0.39, 0.29) is 26.4 Å². The Morgan fingerprint density at radius 1 is 0.947 bits per heavy atom. The molecule has 0 aromatic carbocycles. The molecule has 0 bridgehead atoms. The maximum Gasteiger partial charge on any atom is 0.399 e. The van der Waals surface area contributed by atoms with Crippen LogP contribution in [-0.4, -0.2) is 38.4 Å². The summed E-state index contributed by atoms with van der Waals surface area (Å²) in [5, 5.41) is 0. The van der Waals surface area contributed by atoms with Crippen molar-refractivity contribution in [2.75, 3.05) is 26.4 Å². The Bertz CT molecular complexity index is 272. The number of hydrogen-bond acceptors (Lipinski definition) is 5. The molecule has 5 nitrogen and oxygen atoms in total. The first-order valence-electron chi connectivity index (χ1n) is 6.37. The molecule has 0 fully saturated rings. The van der Waals surface area contributed by atoms with Crippen LogP contribution < -0.4 is 0 Å². The van der Waals surface area contributed by atoms with Gasteiger partial charge >= 0.3 is 13.3 Å². The van der Waals surface area contributed by atoms with Crippen LogP contribution >= 0.6 is 7.60 Å². The fourth-order valence-electron chi connectivity index (χ4n) is 1.42. The molecule has 0 aromatic heterocycles. The third-order valence-electron chi connectivity index (χ3n) is 2.12. The SMILES string of the molecule is CCOC(CC(F)(F)P(=O)(OCC)OCC)OCC. The number of hydrogen-bond donors (Lipinski definition) is 0. The number of rotatable bonds is 11. The molecule has 0 heterocycles. The van der Waals surface area contributed by atoms with Crippen LogP contribution in [0, 0.1) is 0 Å². The van der Waals surface area contributed by atoms with E-state index in [9.17, 15) is 13.3 Å². The molecule has 19 heavy (non-hydrogen) atoms. The van der Waals surface area contributed by atoms with Gasteiger partial charge in [-0.3, -0.25) is 4.57 Å². The second-order valence-electron chi connectivity index (χ2n) is 3.54. The van der Waals surface area contributed by atoms with Crippen molar-refractivity contribution in [2.45, 2.75) is 46.1 Å². The number of halogens is 2. The van der Waals surface area contributed by atoms with E-state index in [1.165, 1.54) is 13.8 Å². The third kappa shape index (κ3) is 5.83. The van der Waals surface area contributed by atoms with Crippen LogP contribution in [0.1, 0.15) is 34.1 Å². The van der Waals surface area contributed by atoms with Crippen molar-refractivity contribution >= 4 is 7.60 Å². The van der Waals surface area contributed by atoms with Crippen molar-refractivity contribution in [3.05, 3.63) is 0 Å². The van der Waals surface area contributed by atoms with Gasteiger partial charge in [0.15, 0.2) is 6.29 Å². The summed E-state index contributed by atoms with van der Waals surface area (Å²) >= 11 is 0. The van der Waals surface area contributed by atoms with Crippen LogP contribution in [0.2, 0.25) is 0 Å². The number of alkyl halides is 2. The third-order valence-corrected chi connectivity index (χ3v) is 4.30. The van der Waals surface area contributed by atoms with Gasteiger partial charge in [-0.2, -0.15) is 8.78 Å². The van der Waals surface area contributed by atoms with E-state index in [1.807, 2.05) is 0 Å². The van der Waals surface area contributed by atoms with Gasteiger partial charge in [0.2, 0.25) is 0 Å². The molecule has 0 aromatic rings. The van der Waals surface area contributed by atoms with Crippen LogP contribution in [0.4, 0.5) is 8.78 Å². The normalized spacial score (nSPS) is 13.2. The van der Waals surface area contributed by atoms with Gasteiger partial charge in [0.25, 0.3) is 0 Å². The lowest BCUT2D eigenvalue weighted by molar-refractivity contribution is -0.166. The topological polar surface area (TPSA) is 54.0 Å². The van der Waals surface area contributed by atoms with E-state index in [2.05, 4.69) is 9.05 Å². The zero-order chi connectivity index (χ0) is 14.9. The molecule has 0 radical (unpaired) electrons. The Morgan fingerprint density at radius 3 is 1.68 bits per heavy atom. The van der Waals surface area contributed by atoms with E-state index in [1.54, 1.807) is 13.8 Å². The summed E-state index contributed by atoms with van der Waals surface area (Å²) in [6, 6.07) is 0. The lowest BCUT2D eigenvalue weighted by Crippen LogP contribution is -2.30. The summed E-state index contributed by atoms with van der Waals surface area (Å²) in [5.74, 6) is 0. The Hall–Kier alpha value is -0.0700. The molecule has 0 aliphatic heterocycles. The van der Waals surface area contributed by atoms with Crippen molar-refractivity contribution in [1.29, 1.82) is 0 Å². The molecule has 0 N–H and O–H groups in total. The fourth-order valence-corrected chi connectivity index (χ4v) is 2.92. The molecule has 0 aliphatic rings. The van der Waals surface area contributed by atoms with Gasteiger partial charge in [0.05, 0.1) is 19.6 Å². The molecule has 0 saturated heterocycles. The predicted octanol–water partition coefficient (Wildman–Crippen LogP) is 3.63. The number of ether oxygens (including phenoxy) is 2. The van der Waals surface area contributed by atoms with Crippen LogP contribution in [0.5, 0.6) is 0 Å². The van der Waals surface area contributed by atoms with Gasteiger partial charge in [-0.1, -0.05) is 0 Å². The molecule has 0 rings (SSSR count). The second-order valence-corrected chi connectivity index (χ2v) is 5.71.